The van der Waals surface area contributed by atoms with Crippen LogP contribution >= 0.6 is 0 Å². The Morgan fingerprint density at radius 3 is 3.09 bits per heavy atom. The molecule has 0 aromatic carbocycles. The van der Waals surface area contributed by atoms with Crippen molar-refractivity contribution < 1.29 is 14.3 Å². The molecule has 0 aromatic rings. The first-order valence-electron chi connectivity index (χ1n) is 3.72. The van der Waals surface area contributed by atoms with Crippen molar-refractivity contribution in [2.75, 3.05) is 26.8 Å². The Labute approximate surface area is 65.9 Å². The van der Waals surface area contributed by atoms with Crippen LogP contribution in [0.1, 0.15) is 6.42 Å². The van der Waals surface area contributed by atoms with Crippen LogP contribution in [0.4, 0.5) is 0 Å². The number of hydrogen-bond acceptors (Lipinski definition) is 4. The lowest BCUT2D eigenvalue weighted by atomic mass is 10.3. The fourth-order valence-corrected chi connectivity index (χ4v) is 1.02. The number of rotatable bonds is 3. The molecule has 1 atom stereocenters. The molecule has 1 heterocycles. The van der Waals surface area contributed by atoms with Crippen molar-refractivity contribution >= 4 is 5.97 Å². The zero-order valence-corrected chi connectivity index (χ0v) is 6.63. The molecule has 1 fully saturated rings. The molecule has 1 aliphatic heterocycles. The summed E-state index contributed by atoms with van der Waals surface area (Å²) in [7, 11) is 1.36. The molecule has 0 unspecified atom stereocenters. The molecule has 1 rings (SSSR count). The summed E-state index contributed by atoms with van der Waals surface area (Å²) in [6.07, 6.45) is 1.17. The highest BCUT2D eigenvalue weighted by molar-refractivity contribution is 5.70. The second-order valence-corrected chi connectivity index (χ2v) is 2.50. The normalized spacial score (nSPS) is 23.5. The van der Waals surface area contributed by atoms with Gasteiger partial charge < -0.3 is 14.8 Å². The van der Waals surface area contributed by atoms with Gasteiger partial charge in [-0.05, 0) is 13.0 Å². The maximum Gasteiger partial charge on any atom is 0.331 e. The van der Waals surface area contributed by atoms with Crippen molar-refractivity contribution in [3.05, 3.63) is 0 Å². The minimum Gasteiger partial charge on any atom is -0.467 e. The van der Waals surface area contributed by atoms with Crippen LogP contribution in [0.15, 0.2) is 0 Å². The van der Waals surface area contributed by atoms with Crippen molar-refractivity contribution in [2.45, 2.75) is 12.5 Å². The SMILES string of the molecule is COC(=O)CO[C@H]1CCNC1. The molecule has 1 aliphatic rings. The monoisotopic (exact) mass is 159 g/mol. The summed E-state index contributed by atoms with van der Waals surface area (Å²) in [4.78, 5) is 10.6. The molecular formula is C7H13NO3. The number of hydrogen-bond donors (Lipinski definition) is 1. The average Bonchev–Trinajstić information content (AvgIpc) is 2.52. The Morgan fingerprint density at radius 1 is 1.73 bits per heavy atom. The number of esters is 1. The van der Waals surface area contributed by atoms with Gasteiger partial charge in [-0.2, -0.15) is 0 Å². The van der Waals surface area contributed by atoms with E-state index in [1.807, 2.05) is 0 Å². The highest BCUT2D eigenvalue weighted by atomic mass is 16.6. The lowest BCUT2D eigenvalue weighted by Crippen LogP contribution is -2.21. The Hall–Kier alpha value is -0.610. The molecule has 1 N–H and O–H groups in total. The zero-order valence-electron chi connectivity index (χ0n) is 6.63. The fourth-order valence-electron chi connectivity index (χ4n) is 1.02. The third kappa shape index (κ3) is 2.86. The second kappa shape index (κ2) is 4.31. The fraction of sp³-hybridized carbons (Fsp3) is 0.857. The van der Waals surface area contributed by atoms with Gasteiger partial charge in [0.25, 0.3) is 0 Å². The predicted octanol–water partition coefficient (Wildman–Crippen LogP) is -0.462. The molecule has 0 amide bonds. The molecule has 4 nitrogen and oxygen atoms in total. The highest BCUT2D eigenvalue weighted by Crippen LogP contribution is 2.02. The van der Waals surface area contributed by atoms with Crippen molar-refractivity contribution in [2.24, 2.45) is 0 Å². The molecule has 4 heteroatoms. The van der Waals surface area contributed by atoms with Crippen LogP contribution in [-0.2, 0) is 14.3 Å². The molecule has 0 spiro atoms. The second-order valence-electron chi connectivity index (χ2n) is 2.50. The largest absolute Gasteiger partial charge is 0.467 e. The first kappa shape index (κ1) is 8.49. The van der Waals surface area contributed by atoms with E-state index in [2.05, 4.69) is 10.1 Å². The smallest absolute Gasteiger partial charge is 0.331 e. The van der Waals surface area contributed by atoms with Gasteiger partial charge in [0.2, 0.25) is 0 Å². The van der Waals surface area contributed by atoms with Gasteiger partial charge in [-0.25, -0.2) is 4.79 Å². The van der Waals surface area contributed by atoms with E-state index in [9.17, 15) is 4.79 Å². The summed E-state index contributed by atoms with van der Waals surface area (Å²) in [6.45, 7) is 1.89. The summed E-state index contributed by atoms with van der Waals surface area (Å²) in [5, 5.41) is 3.14. The van der Waals surface area contributed by atoms with Crippen LogP contribution in [0.25, 0.3) is 0 Å². The van der Waals surface area contributed by atoms with E-state index in [0.29, 0.717) is 0 Å². The van der Waals surface area contributed by atoms with Crippen molar-refractivity contribution in [1.82, 2.24) is 5.32 Å². The standard InChI is InChI=1S/C7H13NO3/c1-10-7(9)5-11-6-2-3-8-4-6/h6,8H,2-5H2,1H3/t6-/m0/s1. The first-order chi connectivity index (χ1) is 5.33. The maximum atomic E-state index is 10.6. The Kier molecular flexibility index (Phi) is 3.32. The molecule has 0 bridgehead atoms. The van der Waals surface area contributed by atoms with Crippen LogP contribution in [-0.4, -0.2) is 38.9 Å². The van der Waals surface area contributed by atoms with Crippen LogP contribution in [0.3, 0.4) is 0 Å². The van der Waals surface area contributed by atoms with Crippen molar-refractivity contribution in [3.8, 4) is 0 Å². The first-order valence-corrected chi connectivity index (χ1v) is 3.72. The van der Waals surface area contributed by atoms with Gasteiger partial charge in [0.05, 0.1) is 13.2 Å². The Morgan fingerprint density at radius 2 is 2.55 bits per heavy atom. The van der Waals surface area contributed by atoms with Crippen molar-refractivity contribution in [3.63, 3.8) is 0 Å². The van der Waals surface area contributed by atoms with Gasteiger partial charge in [-0.15, -0.1) is 0 Å². The quantitative estimate of drug-likeness (QED) is 0.566. The van der Waals surface area contributed by atoms with Crippen LogP contribution in [0, 0.1) is 0 Å². The van der Waals surface area contributed by atoms with Crippen LogP contribution < -0.4 is 5.32 Å². The summed E-state index contributed by atoms with van der Waals surface area (Å²) < 4.78 is 9.64. The predicted molar refractivity (Wildman–Crippen MR) is 39.2 cm³/mol. The third-order valence-electron chi connectivity index (χ3n) is 1.68. The molecule has 0 radical (unpaired) electrons. The molecule has 0 saturated carbocycles. The molecule has 11 heavy (non-hydrogen) atoms. The number of nitrogens with one attached hydrogen (secondary N) is 1. The summed E-state index contributed by atoms with van der Waals surface area (Å²) in [5.41, 5.74) is 0. The van der Waals surface area contributed by atoms with E-state index < -0.39 is 0 Å². The number of ether oxygens (including phenoxy) is 2. The van der Waals surface area contributed by atoms with E-state index in [0.717, 1.165) is 19.5 Å². The summed E-state index contributed by atoms with van der Waals surface area (Å²) >= 11 is 0. The van der Waals surface area contributed by atoms with Gasteiger partial charge >= 0.3 is 5.97 Å². The number of carbonyl (C=O) groups is 1. The van der Waals surface area contributed by atoms with Gasteiger partial charge in [-0.3, -0.25) is 0 Å². The van der Waals surface area contributed by atoms with Gasteiger partial charge in [0.15, 0.2) is 0 Å². The average molecular weight is 159 g/mol. The van der Waals surface area contributed by atoms with Gasteiger partial charge in [-0.1, -0.05) is 0 Å². The number of methoxy groups -OCH3 is 1. The topological polar surface area (TPSA) is 47.6 Å². The molecule has 0 aromatic heterocycles. The van der Waals surface area contributed by atoms with Crippen molar-refractivity contribution in [1.29, 1.82) is 0 Å². The lowest BCUT2D eigenvalue weighted by molar-refractivity contribution is -0.147. The van der Waals surface area contributed by atoms with E-state index in [1.165, 1.54) is 7.11 Å². The van der Waals surface area contributed by atoms with Gasteiger partial charge in [0, 0.05) is 6.54 Å². The van der Waals surface area contributed by atoms with Crippen LogP contribution in [0.5, 0.6) is 0 Å². The molecule has 0 aliphatic carbocycles. The summed E-state index contributed by atoms with van der Waals surface area (Å²) in [5.74, 6) is -0.308. The summed E-state index contributed by atoms with van der Waals surface area (Å²) in [6, 6.07) is 0. The highest BCUT2D eigenvalue weighted by Gasteiger charge is 2.15. The van der Waals surface area contributed by atoms with Crippen LogP contribution in [0.2, 0.25) is 0 Å². The maximum absolute atomic E-state index is 10.6. The van der Waals surface area contributed by atoms with E-state index >= 15 is 0 Å². The van der Waals surface area contributed by atoms with Gasteiger partial charge in [0.1, 0.15) is 6.61 Å². The number of carbonyl (C=O) groups excluding carboxylic acids is 1. The zero-order chi connectivity index (χ0) is 8.10. The minimum atomic E-state index is -0.308. The van der Waals surface area contributed by atoms with E-state index in [-0.39, 0.29) is 18.7 Å². The molecule has 64 valence electrons. The molecule has 1 saturated heterocycles. The lowest BCUT2D eigenvalue weighted by Gasteiger charge is -2.07. The van der Waals surface area contributed by atoms with E-state index in [4.69, 9.17) is 4.74 Å². The minimum absolute atomic E-state index is 0.0723. The molecular weight excluding hydrogens is 146 g/mol. The Balaban J connectivity index is 2.06. The van der Waals surface area contributed by atoms with E-state index in [1.54, 1.807) is 0 Å². The Bertz CT molecular complexity index is 132. The third-order valence-corrected chi connectivity index (χ3v) is 1.68.